The van der Waals surface area contributed by atoms with E-state index in [1.807, 2.05) is 61.2 Å². The Morgan fingerprint density at radius 3 is 2.43 bits per heavy atom. The van der Waals surface area contributed by atoms with Gasteiger partial charge in [-0.15, -0.1) is 0 Å². The van der Waals surface area contributed by atoms with Gasteiger partial charge in [0.05, 0.1) is 7.11 Å². The Morgan fingerprint density at radius 1 is 1.10 bits per heavy atom. The van der Waals surface area contributed by atoms with Crippen LogP contribution in [0.2, 0.25) is 0 Å². The van der Waals surface area contributed by atoms with Crippen molar-refractivity contribution in [1.82, 2.24) is 10.2 Å². The van der Waals surface area contributed by atoms with Crippen molar-refractivity contribution in [1.29, 1.82) is 0 Å². The highest BCUT2D eigenvalue weighted by molar-refractivity contribution is 5.86. The van der Waals surface area contributed by atoms with Crippen LogP contribution in [-0.4, -0.2) is 43.1 Å². The van der Waals surface area contributed by atoms with Crippen LogP contribution in [0, 0.1) is 5.92 Å². The first kappa shape index (κ1) is 21.7. The van der Waals surface area contributed by atoms with Gasteiger partial charge in [-0.05, 0) is 35.6 Å². The Hall–Kier alpha value is -3.02. The second kappa shape index (κ2) is 10.1. The molecule has 1 aliphatic rings. The summed E-state index contributed by atoms with van der Waals surface area (Å²) in [5.74, 6) is 1.01. The van der Waals surface area contributed by atoms with E-state index in [-0.39, 0.29) is 24.3 Å². The molecule has 160 valence electrons. The quantitative estimate of drug-likeness (QED) is 0.750. The molecule has 30 heavy (non-hydrogen) atoms. The summed E-state index contributed by atoms with van der Waals surface area (Å²) in [4.78, 5) is 27.2. The minimum absolute atomic E-state index is 0.0400. The number of hydrogen-bond acceptors (Lipinski definition) is 4. The normalized spacial score (nSPS) is 16.9. The van der Waals surface area contributed by atoms with Crippen molar-refractivity contribution < 1.29 is 19.1 Å². The van der Waals surface area contributed by atoms with Gasteiger partial charge in [-0.1, -0.05) is 56.3 Å². The second-order valence-electron chi connectivity index (χ2n) is 7.97. The van der Waals surface area contributed by atoms with Gasteiger partial charge in [0.15, 0.2) is 0 Å². The summed E-state index contributed by atoms with van der Waals surface area (Å²) in [5, 5.41) is 2.76. The average Bonchev–Trinajstić information content (AvgIpc) is 3.26. The number of alkyl carbamates (subject to hydrolysis) is 1. The van der Waals surface area contributed by atoms with Crippen LogP contribution in [0.15, 0.2) is 54.6 Å². The van der Waals surface area contributed by atoms with Crippen LogP contribution in [0.3, 0.4) is 0 Å². The van der Waals surface area contributed by atoms with Crippen LogP contribution in [-0.2, 0) is 16.1 Å². The topological polar surface area (TPSA) is 67.9 Å². The fourth-order valence-electron chi connectivity index (χ4n) is 3.71. The molecule has 0 saturated carbocycles. The molecular formula is C24H30N2O4. The summed E-state index contributed by atoms with van der Waals surface area (Å²) >= 11 is 0. The molecule has 2 aromatic rings. The first-order valence-electron chi connectivity index (χ1n) is 10.4. The van der Waals surface area contributed by atoms with Gasteiger partial charge >= 0.3 is 6.09 Å². The maximum atomic E-state index is 13.1. The predicted octanol–water partition coefficient (Wildman–Crippen LogP) is 3.96. The summed E-state index contributed by atoms with van der Waals surface area (Å²) in [6, 6.07) is 16.9. The molecule has 0 radical (unpaired) electrons. The zero-order chi connectivity index (χ0) is 21.5. The molecule has 2 aromatic carbocycles. The van der Waals surface area contributed by atoms with Gasteiger partial charge in [-0.3, -0.25) is 4.79 Å². The number of likely N-dealkylation sites (tertiary alicyclic amines) is 1. The minimum atomic E-state index is -0.608. The molecule has 1 N–H and O–H groups in total. The summed E-state index contributed by atoms with van der Waals surface area (Å²) in [6.07, 6.45) is 0.332. The van der Waals surface area contributed by atoms with E-state index in [0.29, 0.717) is 13.1 Å². The number of hydrogen-bond donors (Lipinski definition) is 1. The van der Waals surface area contributed by atoms with E-state index in [0.717, 1.165) is 17.7 Å². The molecule has 0 bridgehead atoms. The molecule has 2 amide bonds. The van der Waals surface area contributed by atoms with Crippen molar-refractivity contribution in [2.45, 2.75) is 38.8 Å². The largest absolute Gasteiger partial charge is 0.497 e. The van der Waals surface area contributed by atoms with Crippen LogP contribution in [0.5, 0.6) is 5.75 Å². The zero-order valence-electron chi connectivity index (χ0n) is 17.8. The van der Waals surface area contributed by atoms with Gasteiger partial charge < -0.3 is 19.7 Å². The third-order valence-corrected chi connectivity index (χ3v) is 5.51. The van der Waals surface area contributed by atoms with Crippen LogP contribution < -0.4 is 10.1 Å². The summed E-state index contributed by atoms with van der Waals surface area (Å²) in [5.41, 5.74) is 2.10. The molecular weight excluding hydrogens is 380 g/mol. The van der Waals surface area contributed by atoms with E-state index < -0.39 is 12.1 Å². The van der Waals surface area contributed by atoms with Gasteiger partial charge in [0.1, 0.15) is 18.4 Å². The SMILES string of the molecule is COc1ccc(C2CCN(C(=O)[C@@H](NC(=O)OCc3ccccc3)C(C)C)C2)cc1. The third-order valence-electron chi connectivity index (χ3n) is 5.51. The maximum absolute atomic E-state index is 13.1. The molecule has 0 spiro atoms. The molecule has 1 heterocycles. The Balaban J connectivity index is 1.56. The van der Waals surface area contributed by atoms with Crippen molar-refractivity contribution in [3.63, 3.8) is 0 Å². The van der Waals surface area contributed by atoms with Crippen molar-refractivity contribution in [3.05, 3.63) is 65.7 Å². The van der Waals surface area contributed by atoms with Crippen molar-refractivity contribution in [2.75, 3.05) is 20.2 Å². The van der Waals surface area contributed by atoms with E-state index in [4.69, 9.17) is 9.47 Å². The van der Waals surface area contributed by atoms with Crippen LogP contribution in [0.25, 0.3) is 0 Å². The number of benzene rings is 2. The third kappa shape index (κ3) is 5.53. The Labute approximate surface area is 178 Å². The van der Waals surface area contributed by atoms with E-state index in [1.165, 1.54) is 5.56 Å². The number of carbonyl (C=O) groups excluding carboxylic acids is 2. The lowest BCUT2D eigenvalue weighted by molar-refractivity contribution is -0.133. The van der Waals surface area contributed by atoms with Gasteiger partial charge in [-0.25, -0.2) is 4.79 Å². The van der Waals surface area contributed by atoms with Gasteiger partial charge in [0.2, 0.25) is 5.91 Å². The fourth-order valence-corrected chi connectivity index (χ4v) is 3.71. The van der Waals surface area contributed by atoms with Crippen LogP contribution in [0.4, 0.5) is 4.79 Å². The molecule has 0 aromatic heterocycles. The number of nitrogens with one attached hydrogen (secondary N) is 1. The van der Waals surface area contributed by atoms with Crippen LogP contribution in [0.1, 0.15) is 37.3 Å². The molecule has 1 saturated heterocycles. The van der Waals surface area contributed by atoms with E-state index in [2.05, 4.69) is 17.4 Å². The highest BCUT2D eigenvalue weighted by atomic mass is 16.5. The lowest BCUT2D eigenvalue weighted by Crippen LogP contribution is -2.50. The highest BCUT2D eigenvalue weighted by Gasteiger charge is 2.34. The summed E-state index contributed by atoms with van der Waals surface area (Å²) < 4.78 is 10.5. The number of amides is 2. The van der Waals surface area contributed by atoms with E-state index in [1.54, 1.807) is 7.11 Å². The Kier molecular flexibility index (Phi) is 7.33. The first-order valence-corrected chi connectivity index (χ1v) is 10.4. The molecule has 1 fully saturated rings. The summed E-state index contributed by atoms with van der Waals surface area (Å²) in [7, 11) is 1.65. The molecule has 1 unspecified atom stereocenters. The fraction of sp³-hybridized carbons (Fsp3) is 0.417. The Morgan fingerprint density at radius 2 is 1.80 bits per heavy atom. The number of ether oxygens (including phenoxy) is 2. The van der Waals surface area contributed by atoms with Crippen molar-refractivity contribution in [3.8, 4) is 5.75 Å². The molecule has 6 nitrogen and oxygen atoms in total. The molecule has 1 aliphatic heterocycles. The number of rotatable bonds is 7. The number of nitrogens with zero attached hydrogens (tertiary/aromatic N) is 1. The zero-order valence-corrected chi connectivity index (χ0v) is 17.8. The van der Waals surface area contributed by atoms with Crippen molar-refractivity contribution >= 4 is 12.0 Å². The molecule has 2 atom stereocenters. The van der Waals surface area contributed by atoms with Crippen molar-refractivity contribution in [2.24, 2.45) is 5.92 Å². The van der Waals surface area contributed by atoms with Gasteiger partial charge in [0.25, 0.3) is 0 Å². The number of carbonyl (C=O) groups is 2. The van der Waals surface area contributed by atoms with Gasteiger partial charge in [0, 0.05) is 19.0 Å². The molecule has 3 rings (SSSR count). The lowest BCUT2D eigenvalue weighted by Gasteiger charge is -2.26. The minimum Gasteiger partial charge on any atom is -0.497 e. The first-order chi connectivity index (χ1) is 14.5. The molecule has 6 heteroatoms. The predicted molar refractivity (Wildman–Crippen MR) is 115 cm³/mol. The highest BCUT2D eigenvalue weighted by Crippen LogP contribution is 2.29. The average molecular weight is 411 g/mol. The standard InChI is InChI=1S/C24H30N2O4/c1-17(2)22(25-24(28)30-16-18-7-5-4-6-8-18)23(27)26-14-13-20(15-26)19-9-11-21(29-3)12-10-19/h4-12,17,20,22H,13-16H2,1-3H3,(H,25,28)/t20?,22-/m0/s1. The lowest BCUT2D eigenvalue weighted by atomic mass is 9.98. The maximum Gasteiger partial charge on any atom is 0.408 e. The smallest absolute Gasteiger partial charge is 0.408 e. The second-order valence-corrected chi connectivity index (χ2v) is 7.97. The van der Waals surface area contributed by atoms with Gasteiger partial charge in [-0.2, -0.15) is 0 Å². The van der Waals surface area contributed by atoms with E-state index in [9.17, 15) is 9.59 Å². The summed E-state index contributed by atoms with van der Waals surface area (Å²) in [6.45, 7) is 5.36. The molecule has 0 aliphatic carbocycles. The monoisotopic (exact) mass is 410 g/mol. The Bertz CT molecular complexity index is 836. The number of methoxy groups -OCH3 is 1. The van der Waals surface area contributed by atoms with E-state index >= 15 is 0 Å². The van der Waals surface area contributed by atoms with Crippen LogP contribution >= 0.6 is 0 Å².